The van der Waals surface area contributed by atoms with Crippen LogP contribution in [0.15, 0.2) is 36.7 Å². The lowest BCUT2D eigenvalue weighted by atomic mass is 9.98. The average Bonchev–Trinajstić information content (AvgIpc) is 2.62. The number of carbonyl (C=O) groups is 1. The molecule has 1 fully saturated rings. The monoisotopic (exact) mass is 365 g/mol. The highest BCUT2D eigenvalue weighted by atomic mass is 19.4. The van der Waals surface area contributed by atoms with Gasteiger partial charge in [-0.1, -0.05) is 6.07 Å². The quantitative estimate of drug-likeness (QED) is 0.904. The van der Waals surface area contributed by atoms with Gasteiger partial charge in [0.25, 0.3) is 0 Å². The van der Waals surface area contributed by atoms with Crippen LogP contribution in [-0.4, -0.2) is 37.2 Å². The Kier molecular flexibility index (Phi) is 5.13. The molecular formula is C18H18F3N3O2. The number of hydrogen-bond acceptors (Lipinski definition) is 4. The summed E-state index contributed by atoms with van der Waals surface area (Å²) >= 11 is 0. The summed E-state index contributed by atoms with van der Waals surface area (Å²) in [6.07, 6.45) is -1.60. The molecule has 1 N–H and O–H groups in total. The second-order valence-electron chi connectivity index (χ2n) is 5.94. The molecule has 1 amide bonds. The minimum absolute atomic E-state index is 0.255. The van der Waals surface area contributed by atoms with Gasteiger partial charge < -0.3 is 15.0 Å². The maximum absolute atomic E-state index is 13.7. The Morgan fingerprint density at radius 3 is 2.58 bits per heavy atom. The maximum Gasteiger partial charge on any atom is 0.418 e. The molecule has 5 nitrogen and oxygen atoms in total. The van der Waals surface area contributed by atoms with Crippen LogP contribution in [0.2, 0.25) is 0 Å². The van der Waals surface area contributed by atoms with E-state index in [2.05, 4.69) is 10.3 Å². The molecule has 0 saturated carbocycles. The molecule has 1 aromatic heterocycles. The zero-order valence-electron chi connectivity index (χ0n) is 14.1. The van der Waals surface area contributed by atoms with Crippen molar-refractivity contribution < 1.29 is 22.7 Å². The Labute approximate surface area is 148 Å². The number of rotatable bonds is 3. The first-order valence-corrected chi connectivity index (χ1v) is 8.12. The highest BCUT2D eigenvalue weighted by Gasteiger charge is 2.36. The number of amides is 1. The number of halogens is 3. The van der Waals surface area contributed by atoms with Crippen LogP contribution in [0.25, 0.3) is 11.1 Å². The Balaban J connectivity index is 2.21. The minimum atomic E-state index is -4.61. The second-order valence-corrected chi connectivity index (χ2v) is 5.94. The Morgan fingerprint density at radius 1 is 1.27 bits per heavy atom. The number of alkyl halides is 3. The Bertz CT molecular complexity index is 788. The van der Waals surface area contributed by atoms with Crippen LogP contribution in [0.4, 0.5) is 24.5 Å². The van der Waals surface area contributed by atoms with E-state index in [-0.39, 0.29) is 11.3 Å². The molecule has 1 aliphatic heterocycles. The lowest BCUT2D eigenvalue weighted by Crippen LogP contribution is -2.36. The standard InChI is InChI=1S/C18H18F3N3O2/c1-12(25)23-17-15(13-3-2-4-22-11-13)9-14(10-16(17)18(19,20)21)24-5-7-26-8-6-24/h2-4,9-11H,5-8H2,1H3,(H,23,25). The van der Waals surface area contributed by atoms with Crippen molar-refractivity contribution in [2.75, 3.05) is 36.5 Å². The van der Waals surface area contributed by atoms with Crippen LogP contribution in [0.1, 0.15) is 12.5 Å². The smallest absolute Gasteiger partial charge is 0.378 e. The highest BCUT2D eigenvalue weighted by molar-refractivity contribution is 5.96. The Morgan fingerprint density at radius 2 is 2.00 bits per heavy atom. The van der Waals surface area contributed by atoms with Gasteiger partial charge in [0.15, 0.2) is 0 Å². The van der Waals surface area contributed by atoms with E-state index in [4.69, 9.17) is 4.74 Å². The zero-order chi connectivity index (χ0) is 18.7. The molecule has 2 aromatic rings. The summed E-state index contributed by atoms with van der Waals surface area (Å²) in [6, 6.07) is 6.04. The highest BCUT2D eigenvalue weighted by Crippen LogP contribution is 2.43. The van der Waals surface area contributed by atoms with Gasteiger partial charge in [0.1, 0.15) is 0 Å². The lowest BCUT2D eigenvalue weighted by Gasteiger charge is -2.30. The van der Waals surface area contributed by atoms with E-state index in [0.29, 0.717) is 37.6 Å². The molecule has 1 aliphatic rings. The van der Waals surface area contributed by atoms with Gasteiger partial charge in [0.05, 0.1) is 24.5 Å². The molecule has 138 valence electrons. The summed E-state index contributed by atoms with van der Waals surface area (Å²) in [5.74, 6) is -0.570. The van der Waals surface area contributed by atoms with Crippen molar-refractivity contribution in [3.63, 3.8) is 0 Å². The van der Waals surface area contributed by atoms with E-state index in [1.165, 1.54) is 19.3 Å². The Hall–Kier alpha value is -2.61. The summed E-state index contributed by atoms with van der Waals surface area (Å²) in [5, 5.41) is 2.35. The minimum Gasteiger partial charge on any atom is -0.378 e. The van der Waals surface area contributed by atoms with E-state index in [1.54, 1.807) is 18.2 Å². The average molecular weight is 365 g/mol. The largest absolute Gasteiger partial charge is 0.418 e. The van der Waals surface area contributed by atoms with Gasteiger partial charge in [0.2, 0.25) is 5.91 Å². The van der Waals surface area contributed by atoms with Crippen LogP contribution in [0, 0.1) is 0 Å². The summed E-state index contributed by atoms with van der Waals surface area (Å²) in [6.45, 7) is 3.10. The number of ether oxygens (including phenoxy) is 1. The van der Waals surface area contributed by atoms with Crippen molar-refractivity contribution in [1.29, 1.82) is 0 Å². The number of carbonyl (C=O) groups excluding carboxylic acids is 1. The first-order valence-electron chi connectivity index (χ1n) is 8.12. The SMILES string of the molecule is CC(=O)Nc1c(-c2cccnc2)cc(N2CCOCC2)cc1C(F)(F)F. The van der Waals surface area contributed by atoms with E-state index in [1.807, 2.05) is 4.90 Å². The number of nitrogens with zero attached hydrogens (tertiary/aromatic N) is 2. The number of pyridine rings is 1. The number of aromatic nitrogens is 1. The third-order valence-corrected chi connectivity index (χ3v) is 4.08. The normalized spacial score (nSPS) is 15.0. The predicted octanol–water partition coefficient (Wildman–Crippen LogP) is 3.56. The molecule has 2 heterocycles. The summed E-state index contributed by atoms with van der Waals surface area (Å²) < 4.78 is 46.5. The fourth-order valence-corrected chi connectivity index (χ4v) is 2.92. The maximum atomic E-state index is 13.7. The molecule has 0 unspecified atom stereocenters. The third kappa shape index (κ3) is 3.96. The van der Waals surface area contributed by atoms with Crippen LogP contribution in [0.5, 0.6) is 0 Å². The van der Waals surface area contributed by atoms with Gasteiger partial charge >= 0.3 is 6.18 Å². The number of hydrogen-bond donors (Lipinski definition) is 1. The van der Waals surface area contributed by atoms with Crippen LogP contribution < -0.4 is 10.2 Å². The number of anilines is 2. The van der Waals surface area contributed by atoms with Crippen molar-refractivity contribution in [2.45, 2.75) is 13.1 Å². The summed E-state index contributed by atoms with van der Waals surface area (Å²) in [5.41, 5.74) is 0.0839. The van der Waals surface area contributed by atoms with Gasteiger partial charge in [0, 0.05) is 49.2 Å². The van der Waals surface area contributed by atoms with Crippen molar-refractivity contribution in [3.05, 3.63) is 42.2 Å². The summed E-state index contributed by atoms with van der Waals surface area (Å²) in [7, 11) is 0. The topological polar surface area (TPSA) is 54.5 Å². The molecule has 1 saturated heterocycles. The van der Waals surface area contributed by atoms with Gasteiger partial charge in [-0.3, -0.25) is 9.78 Å². The van der Waals surface area contributed by atoms with Gasteiger partial charge in [-0.2, -0.15) is 13.2 Å². The zero-order valence-corrected chi connectivity index (χ0v) is 14.1. The molecule has 0 radical (unpaired) electrons. The number of benzene rings is 1. The van der Waals surface area contributed by atoms with E-state index in [9.17, 15) is 18.0 Å². The molecule has 0 aliphatic carbocycles. The molecule has 1 aromatic carbocycles. The van der Waals surface area contributed by atoms with Crippen LogP contribution in [0.3, 0.4) is 0 Å². The van der Waals surface area contributed by atoms with Gasteiger partial charge in [-0.05, 0) is 18.2 Å². The predicted molar refractivity (Wildman–Crippen MR) is 92.0 cm³/mol. The van der Waals surface area contributed by atoms with Crippen molar-refractivity contribution in [3.8, 4) is 11.1 Å². The van der Waals surface area contributed by atoms with Crippen LogP contribution in [-0.2, 0) is 15.7 Å². The molecular weight excluding hydrogens is 347 g/mol. The molecule has 8 heteroatoms. The van der Waals surface area contributed by atoms with E-state index < -0.39 is 17.6 Å². The van der Waals surface area contributed by atoms with Crippen molar-refractivity contribution in [2.24, 2.45) is 0 Å². The first-order chi connectivity index (χ1) is 12.4. The fourth-order valence-electron chi connectivity index (χ4n) is 2.92. The molecule has 3 rings (SSSR count). The van der Waals surface area contributed by atoms with E-state index in [0.717, 1.165) is 6.07 Å². The van der Waals surface area contributed by atoms with E-state index >= 15 is 0 Å². The molecule has 0 bridgehead atoms. The molecule has 26 heavy (non-hydrogen) atoms. The second kappa shape index (κ2) is 7.33. The van der Waals surface area contributed by atoms with Crippen molar-refractivity contribution >= 4 is 17.3 Å². The number of morpholine rings is 1. The summed E-state index contributed by atoms with van der Waals surface area (Å²) in [4.78, 5) is 17.4. The first kappa shape index (κ1) is 18.2. The van der Waals surface area contributed by atoms with Crippen LogP contribution >= 0.6 is 0 Å². The molecule has 0 spiro atoms. The fraction of sp³-hybridized carbons (Fsp3) is 0.333. The van der Waals surface area contributed by atoms with Crippen molar-refractivity contribution in [1.82, 2.24) is 4.98 Å². The molecule has 0 atom stereocenters. The number of nitrogens with one attached hydrogen (secondary N) is 1. The lowest BCUT2D eigenvalue weighted by molar-refractivity contribution is -0.136. The van der Waals surface area contributed by atoms with Gasteiger partial charge in [-0.25, -0.2) is 0 Å². The third-order valence-electron chi connectivity index (χ3n) is 4.08. The van der Waals surface area contributed by atoms with Gasteiger partial charge in [-0.15, -0.1) is 0 Å².